The molecule has 1 atom stereocenters. The summed E-state index contributed by atoms with van der Waals surface area (Å²) in [5.74, 6) is 2.20. The third kappa shape index (κ3) is 4.01. The molecule has 3 aromatic carbocycles. The van der Waals surface area contributed by atoms with E-state index in [1.54, 1.807) is 7.11 Å². The molecule has 0 saturated carbocycles. The first-order valence-electron chi connectivity index (χ1n) is 10.9. The van der Waals surface area contributed by atoms with Gasteiger partial charge >= 0.3 is 0 Å². The number of sulfonamides is 1. The highest BCUT2D eigenvalue weighted by Crippen LogP contribution is 2.39. The molecule has 0 aromatic heterocycles. The lowest BCUT2D eigenvalue weighted by Crippen LogP contribution is -2.55. The van der Waals surface area contributed by atoms with E-state index >= 15 is 0 Å². The van der Waals surface area contributed by atoms with Gasteiger partial charge in [-0.15, -0.1) is 0 Å². The summed E-state index contributed by atoms with van der Waals surface area (Å²) >= 11 is 0. The van der Waals surface area contributed by atoms with Crippen LogP contribution < -0.4 is 9.47 Å². The van der Waals surface area contributed by atoms with Crippen LogP contribution in [0.3, 0.4) is 0 Å². The number of halogens is 1. The number of hydrogen-bond donors (Lipinski definition) is 0. The monoisotopic (exact) mass is 481 g/mol. The maximum absolute atomic E-state index is 13.3. The zero-order chi connectivity index (χ0) is 23.9. The van der Waals surface area contributed by atoms with E-state index in [2.05, 4.69) is 4.90 Å². The summed E-state index contributed by atoms with van der Waals surface area (Å²) in [7, 11) is -2.15. The number of aliphatic imine (C=N–C) groups is 1. The Balaban J connectivity index is 1.49. The minimum atomic E-state index is -3.75. The van der Waals surface area contributed by atoms with E-state index < -0.39 is 15.8 Å². The number of para-hydroxylation sites is 2. The summed E-state index contributed by atoms with van der Waals surface area (Å²) in [6.45, 7) is 2.99. The fourth-order valence-electron chi connectivity index (χ4n) is 4.30. The zero-order valence-electron chi connectivity index (χ0n) is 18.8. The van der Waals surface area contributed by atoms with Crippen molar-refractivity contribution in [3.8, 4) is 17.2 Å². The van der Waals surface area contributed by atoms with Crippen molar-refractivity contribution in [3.05, 3.63) is 78.1 Å². The lowest BCUT2D eigenvalue weighted by atomic mass is 10.1. The van der Waals surface area contributed by atoms with E-state index in [0.717, 1.165) is 17.7 Å². The van der Waals surface area contributed by atoms with Gasteiger partial charge in [-0.2, -0.15) is 4.31 Å². The molecule has 1 fully saturated rings. The number of methoxy groups -OCH3 is 1. The van der Waals surface area contributed by atoms with Crippen LogP contribution in [0.2, 0.25) is 0 Å². The van der Waals surface area contributed by atoms with Gasteiger partial charge in [0.2, 0.25) is 10.0 Å². The Kier molecular flexibility index (Phi) is 5.75. The van der Waals surface area contributed by atoms with Crippen molar-refractivity contribution in [1.29, 1.82) is 0 Å². The first-order chi connectivity index (χ1) is 16.4. The fraction of sp³-hybridized carbons (Fsp3) is 0.240. The Morgan fingerprint density at radius 3 is 2.53 bits per heavy atom. The summed E-state index contributed by atoms with van der Waals surface area (Å²) < 4.78 is 52.8. The van der Waals surface area contributed by atoms with Crippen LogP contribution in [-0.4, -0.2) is 56.2 Å². The largest absolute Gasteiger partial charge is 0.497 e. The van der Waals surface area contributed by atoms with Crippen molar-refractivity contribution < 1.29 is 22.3 Å². The molecule has 176 valence electrons. The Morgan fingerprint density at radius 1 is 1.03 bits per heavy atom. The van der Waals surface area contributed by atoms with E-state index in [1.807, 2.05) is 49.4 Å². The molecule has 0 aliphatic carbocycles. The normalized spacial score (nSPS) is 18.3. The average molecular weight is 482 g/mol. The molecule has 1 saturated heterocycles. The minimum Gasteiger partial charge on any atom is -0.497 e. The number of fused-ring (bicyclic) bond motifs is 2. The Bertz CT molecular complexity index is 1360. The highest BCUT2D eigenvalue weighted by Gasteiger charge is 2.36. The molecular formula is C25H24FN3O4S. The Labute approximate surface area is 198 Å². The second kappa shape index (κ2) is 8.73. The molecule has 0 N–H and O–H groups in total. The first-order valence-corrected chi connectivity index (χ1v) is 12.4. The Hall–Kier alpha value is -3.43. The lowest BCUT2D eigenvalue weighted by Gasteiger charge is -2.40. The van der Waals surface area contributed by atoms with E-state index in [0.29, 0.717) is 41.9 Å². The molecule has 7 nitrogen and oxygen atoms in total. The molecule has 5 rings (SSSR count). The molecule has 0 amide bonds. The number of nitrogens with zero attached hydrogens (tertiary/aromatic N) is 3. The molecule has 34 heavy (non-hydrogen) atoms. The van der Waals surface area contributed by atoms with Crippen LogP contribution in [-0.2, 0) is 10.0 Å². The molecule has 1 unspecified atom stereocenters. The van der Waals surface area contributed by atoms with Crippen LogP contribution in [0, 0.1) is 5.82 Å². The fourth-order valence-corrected chi connectivity index (χ4v) is 5.92. The summed E-state index contributed by atoms with van der Waals surface area (Å²) in [6, 6.07) is 17.7. The van der Waals surface area contributed by atoms with Crippen LogP contribution in [0.1, 0.15) is 12.5 Å². The smallest absolute Gasteiger partial charge is 0.243 e. The van der Waals surface area contributed by atoms with Gasteiger partial charge in [0.1, 0.15) is 28.8 Å². The van der Waals surface area contributed by atoms with Crippen molar-refractivity contribution >= 4 is 21.5 Å². The van der Waals surface area contributed by atoms with Gasteiger partial charge in [-0.25, -0.2) is 17.8 Å². The van der Waals surface area contributed by atoms with Crippen LogP contribution >= 0.6 is 0 Å². The van der Waals surface area contributed by atoms with E-state index in [-0.39, 0.29) is 17.5 Å². The van der Waals surface area contributed by atoms with Gasteiger partial charge in [0.15, 0.2) is 5.75 Å². The van der Waals surface area contributed by atoms with E-state index in [1.165, 1.54) is 16.4 Å². The van der Waals surface area contributed by atoms with Crippen molar-refractivity contribution in [2.45, 2.75) is 17.9 Å². The predicted molar refractivity (Wildman–Crippen MR) is 127 cm³/mol. The lowest BCUT2D eigenvalue weighted by molar-refractivity contribution is 0.205. The number of ether oxygens (including phenoxy) is 2. The maximum atomic E-state index is 13.3. The minimum absolute atomic E-state index is 0.0819. The summed E-state index contributed by atoms with van der Waals surface area (Å²) in [5.41, 5.74) is 1.47. The molecule has 2 aliphatic rings. The molecule has 2 heterocycles. The van der Waals surface area contributed by atoms with Gasteiger partial charge in [-0.05, 0) is 61.5 Å². The van der Waals surface area contributed by atoms with Gasteiger partial charge < -0.3 is 14.4 Å². The second-order valence-electron chi connectivity index (χ2n) is 8.23. The first kappa shape index (κ1) is 22.4. The van der Waals surface area contributed by atoms with Crippen LogP contribution in [0.4, 0.5) is 10.1 Å². The highest BCUT2D eigenvalue weighted by atomic mass is 32.2. The molecule has 0 bridgehead atoms. The number of piperazine rings is 1. The SMILES string of the molecule is COc1ccc2c(c1)C(N1CCN(S(=O)(=O)c3ccc(F)cc3)C(C)C1)=Nc1ccccc1O2. The van der Waals surface area contributed by atoms with Crippen molar-refractivity contribution in [1.82, 2.24) is 9.21 Å². The highest BCUT2D eigenvalue weighted by molar-refractivity contribution is 7.89. The standard InChI is InChI=1S/C25H24FN3O4S/c1-17-16-28(13-14-29(17)34(30,31)20-10-7-18(26)8-11-20)25-21-15-19(32-2)9-12-23(21)33-24-6-4-3-5-22(24)27-25/h3-12,15,17H,13-14,16H2,1-2H3. The quantitative estimate of drug-likeness (QED) is 0.554. The number of amidine groups is 1. The maximum Gasteiger partial charge on any atom is 0.243 e. The zero-order valence-corrected chi connectivity index (χ0v) is 19.6. The van der Waals surface area contributed by atoms with Crippen molar-refractivity contribution in [3.63, 3.8) is 0 Å². The molecular weight excluding hydrogens is 457 g/mol. The summed E-state index contributed by atoms with van der Waals surface area (Å²) in [4.78, 5) is 7.08. The topological polar surface area (TPSA) is 71.4 Å². The van der Waals surface area contributed by atoms with Gasteiger partial charge in [-0.3, -0.25) is 0 Å². The number of benzene rings is 3. The van der Waals surface area contributed by atoms with E-state index in [4.69, 9.17) is 14.5 Å². The number of rotatable bonds is 3. The van der Waals surface area contributed by atoms with Gasteiger partial charge in [0, 0.05) is 25.7 Å². The predicted octanol–water partition coefficient (Wildman–Crippen LogP) is 4.41. The van der Waals surface area contributed by atoms with E-state index in [9.17, 15) is 12.8 Å². The third-order valence-corrected chi connectivity index (χ3v) is 8.05. The third-order valence-electron chi connectivity index (χ3n) is 6.03. The van der Waals surface area contributed by atoms with Crippen LogP contribution in [0.5, 0.6) is 17.2 Å². The molecule has 0 radical (unpaired) electrons. The van der Waals surface area contributed by atoms with Crippen molar-refractivity contribution in [2.75, 3.05) is 26.7 Å². The summed E-state index contributed by atoms with van der Waals surface area (Å²) in [6.07, 6.45) is 0. The van der Waals surface area contributed by atoms with Gasteiger partial charge in [0.25, 0.3) is 0 Å². The molecule has 0 spiro atoms. The molecule has 3 aromatic rings. The van der Waals surface area contributed by atoms with Crippen LogP contribution in [0.25, 0.3) is 0 Å². The summed E-state index contributed by atoms with van der Waals surface area (Å²) in [5, 5.41) is 0. The molecule has 2 aliphatic heterocycles. The van der Waals surface area contributed by atoms with Gasteiger partial charge in [0.05, 0.1) is 17.6 Å². The van der Waals surface area contributed by atoms with Gasteiger partial charge in [-0.1, -0.05) is 12.1 Å². The second-order valence-corrected chi connectivity index (χ2v) is 10.1. The van der Waals surface area contributed by atoms with Crippen LogP contribution in [0.15, 0.2) is 76.6 Å². The average Bonchev–Trinajstić information content (AvgIpc) is 3.00. The van der Waals surface area contributed by atoms with Crippen molar-refractivity contribution in [2.24, 2.45) is 4.99 Å². The Morgan fingerprint density at radius 2 is 1.79 bits per heavy atom. The molecule has 9 heteroatoms. The number of hydrogen-bond acceptors (Lipinski definition) is 6.